The molecule has 1 amide bonds. The lowest BCUT2D eigenvalue weighted by atomic mass is 9.96. The van der Waals surface area contributed by atoms with Crippen LogP contribution in [-0.2, 0) is 6.42 Å². The maximum atomic E-state index is 13.1. The molecule has 1 unspecified atom stereocenters. The minimum absolute atomic E-state index is 0. The van der Waals surface area contributed by atoms with Crippen LogP contribution in [0.3, 0.4) is 0 Å². The lowest BCUT2D eigenvalue weighted by Crippen LogP contribution is -2.31. The number of rotatable bonds is 3. The van der Waals surface area contributed by atoms with Gasteiger partial charge in [-0.25, -0.2) is 4.39 Å². The summed E-state index contributed by atoms with van der Waals surface area (Å²) in [5.74, 6) is -0.263. The fraction of sp³-hybridized carbons (Fsp3) is 0.316. The number of nitrogens with zero attached hydrogens (tertiary/aromatic N) is 1. The van der Waals surface area contributed by atoms with Gasteiger partial charge in [0.25, 0.3) is 5.91 Å². The molecule has 3 nitrogen and oxygen atoms in total. The maximum Gasteiger partial charge on any atom is 0.254 e. The Balaban J connectivity index is 0.00000208. The van der Waals surface area contributed by atoms with Crippen molar-refractivity contribution in [3.63, 3.8) is 0 Å². The van der Waals surface area contributed by atoms with Crippen LogP contribution in [0.2, 0.25) is 0 Å². The molecule has 0 saturated heterocycles. The molecule has 5 heteroatoms. The Morgan fingerprint density at radius 2 is 1.92 bits per heavy atom. The van der Waals surface area contributed by atoms with Gasteiger partial charge >= 0.3 is 0 Å². The van der Waals surface area contributed by atoms with Crippen LogP contribution >= 0.6 is 12.4 Å². The SMILES string of the molecule is CC(c1ccc(F)cc1)N(C)C(=O)c1cccc2c1CCCN2.Cl. The molecule has 2 aromatic rings. The lowest BCUT2D eigenvalue weighted by molar-refractivity contribution is 0.0741. The van der Waals surface area contributed by atoms with Crippen molar-refractivity contribution < 1.29 is 9.18 Å². The monoisotopic (exact) mass is 348 g/mol. The molecule has 128 valence electrons. The third-order valence-corrected chi connectivity index (χ3v) is 4.58. The molecule has 24 heavy (non-hydrogen) atoms. The van der Waals surface area contributed by atoms with Crippen LogP contribution in [0.1, 0.15) is 40.9 Å². The third-order valence-electron chi connectivity index (χ3n) is 4.58. The number of anilines is 1. The van der Waals surface area contributed by atoms with E-state index in [4.69, 9.17) is 0 Å². The molecule has 2 aromatic carbocycles. The minimum atomic E-state index is -0.266. The highest BCUT2D eigenvalue weighted by Crippen LogP contribution is 2.28. The van der Waals surface area contributed by atoms with Crippen molar-refractivity contribution >= 4 is 24.0 Å². The van der Waals surface area contributed by atoms with E-state index in [2.05, 4.69) is 5.32 Å². The van der Waals surface area contributed by atoms with Gasteiger partial charge in [-0.3, -0.25) is 4.79 Å². The van der Waals surface area contributed by atoms with E-state index in [9.17, 15) is 9.18 Å². The maximum absolute atomic E-state index is 13.1. The lowest BCUT2D eigenvalue weighted by Gasteiger charge is -2.28. The number of benzene rings is 2. The van der Waals surface area contributed by atoms with Gasteiger partial charge in [0, 0.05) is 24.8 Å². The first-order valence-corrected chi connectivity index (χ1v) is 7.96. The molecule has 0 bridgehead atoms. The van der Waals surface area contributed by atoms with E-state index in [1.165, 1.54) is 12.1 Å². The van der Waals surface area contributed by atoms with Gasteiger partial charge in [0.2, 0.25) is 0 Å². The number of fused-ring (bicyclic) bond motifs is 1. The van der Waals surface area contributed by atoms with E-state index < -0.39 is 0 Å². The highest BCUT2D eigenvalue weighted by atomic mass is 35.5. The fourth-order valence-corrected chi connectivity index (χ4v) is 3.04. The zero-order valence-corrected chi connectivity index (χ0v) is 14.7. The van der Waals surface area contributed by atoms with E-state index in [1.54, 1.807) is 24.1 Å². The molecule has 0 spiro atoms. The highest BCUT2D eigenvalue weighted by Gasteiger charge is 2.23. The molecular formula is C19H22ClFN2O. The zero-order valence-electron chi connectivity index (χ0n) is 13.9. The molecule has 0 radical (unpaired) electrons. The van der Waals surface area contributed by atoms with E-state index in [0.717, 1.165) is 41.8 Å². The molecule has 0 saturated carbocycles. The van der Waals surface area contributed by atoms with Crippen molar-refractivity contribution in [3.05, 3.63) is 65.0 Å². The van der Waals surface area contributed by atoms with Crippen molar-refractivity contribution in [2.24, 2.45) is 0 Å². The summed E-state index contributed by atoms with van der Waals surface area (Å²) in [6.07, 6.45) is 1.96. The largest absolute Gasteiger partial charge is 0.385 e. The number of hydrogen-bond acceptors (Lipinski definition) is 2. The Kier molecular flexibility index (Phi) is 5.84. The average molecular weight is 349 g/mol. The number of hydrogen-bond donors (Lipinski definition) is 1. The summed E-state index contributed by atoms with van der Waals surface area (Å²) in [5.41, 5.74) is 3.84. The van der Waals surface area contributed by atoms with E-state index >= 15 is 0 Å². The Hall–Kier alpha value is -2.07. The number of carbonyl (C=O) groups excluding carboxylic acids is 1. The second kappa shape index (κ2) is 7.67. The van der Waals surface area contributed by atoms with Crippen LogP contribution < -0.4 is 5.32 Å². The van der Waals surface area contributed by atoms with Crippen LogP contribution in [0, 0.1) is 5.82 Å². The molecule has 1 heterocycles. The minimum Gasteiger partial charge on any atom is -0.385 e. The molecule has 1 aliphatic heterocycles. The number of nitrogens with one attached hydrogen (secondary N) is 1. The van der Waals surface area contributed by atoms with Gasteiger partial charge in [-0.15, -0.1) is 12.4 Å². The summed E-state index contributed by atoms with van der Waals surface area (Å²) in [6, 6.07) is 12.0. The molecule has 0 fully saturated rings. The Morgan fingerprint density at radius 3 is 2.62 bits per heavy atom. The topological polar surface area (TPSA) is 32.3 Å². The van der Waals surface area contributed by atoms with Crippen molar-refractivity contribution in [2.75, 3.05) is 18.9 Å². The molecule has 0 aromatic heterocycles. The highest BCUT2D eigenvalue weighted by molar-refractivity contribution is 5.97. The molecular weight excluding hydrogens is 327 g/mol. The van der Waals surface area contributed by atoms with Crippen molar-refractivity contribution in [3.8, 4) is 0 Å². The fourth-order valence-electron chi connectivity index (χ4n) is 3.04. The molecule has 3 rings (SSSR count). The van der Waals surface area contributed by atoms with Gasteiger partial charge in [0.1, 0.15) is 5.82 Å². The van der Waals surface area contributed by atoms with Crippen LogP contribution in [0.4, 0.5) is 10.1 Å². The van der Waals surface area contributed by atoms with Crippen LogP contribution in [-0.4, -0.2) is 24.4 Å². The van der Waals surface area contributed by atoms with E-state index in [1.807, 2.05) is 25.1 Å². The summed E-state index contributed by atoms with van der Waals surface area (Å²) >= 11 is 0. The zero-order chi connectivity index (χ0) is 16.4. The van der Waals surface area contributed by atoms with Gasteiger partial charge in [0.15, 0.2) is 0 Å². The smallest absolute Gasteiger partial charge is 0.254 e. The summed E-state index contributed by atoms with van der Waals surface area (Å²) in [5, 5.41) is 3.35. The first-order valence-electron chi connectivity index (χ1n) is 7.96. The first kappa shape index (κ1) is 18.3. The summed E-state index contributed by atoms with van der Waals surface area (Å²) in [4.78, 5) is 14.6. The van der Waals surface area contributed by atoms with Gasteiger partial charge < -0.3 is 10.2 Å². The Bertz CT molecular complexity index is 718. The van der Waals surface area contributed by atoms with Crippen molar-refractivity contribution in [2.45, 2.75) is 25.8 Å². The first-order chi connectivity index (χ1) is 11.1. The molecule has 1 N–H and O–H groups in total. The summed E-state index contributed by atoms with van der Waals surface area (Å²) < 4.78 is 13.1. The standard InChI is InChI=1S/C19H21FN2O.ClH/c1-13(14-8-10-15(20)11-9-14)22(2)19(23)17-5-3-7-18-16(17)6-4-12-21-18;/h3,5,7-11,13,21H,4,6,12H2,1-2H3;1H. The second-order valence-electron chi connectivity index (χ2n) is 6.01. The average Bonchev–Trinajstić information content (AvgIpc) is 2.60. The van der Waals surface area contributed by atoms with Crippen LogP contribution in [0.15, 0.2) is 42.5 Å². The van der Waals surface area contributed by atoms with Crippen LogP contribution in [0.5, 0.6) is 0 Å². The van der Waals surface area contributed by atoms with Crippen molar-refractivity contribution in [1.29, 1.82) is 0 Å². The van der Waals surface area contributed by atoms with Gasteiger partial charge in [-0.05, 0) is 55.2 Å². The Morgan fingerprint density at radius 1 is 1.21 bits per heavy atom. The molecule has 1 aliphatic rings. The van der Waals surface area contributed by atoms with E-state index in [0.29, 0.717) is 0 Å². The van der Waals surface area contributed by atoms with Crippen LogP contribution in [0.25, 0.3) is 0 Å². The predicted molar refractivity (Wildman–Crippen MR) is 97.4 cm³/mol. The summed E-state index contributed by atoms with van der Waals surface area (Å²) in [6.45, 7) is 2.91. The third kappa shape index (κ3) is 3.54. The van der Waals surface area contributed by atoms with Gasteiger partial charge in [-0.2, -0.15) is 0 Å². The van der Waals surface area contributed by atoms with Gasteiger partial charge in [0.05, 0.1) is 6.04 Å². The number of amides is 1. The van der Waals surface area contributed by atoms with Crippen molar-refractivity contribution in [1.82, 2.24) is 4.90 Å². The predicted octanol–water partition coefficient (Wildman–Crippen LogP) is 4.44. The number of halogens is 2. The second-order valence-corrected chi connectivity index (χ2v) is 6.01. The number of carbonyl (C=O) groups is 1. The normalized spacial score (nSPS) is 14.0. The van der Waals surface area contributed by atoms with Gasteiger partial charge in [-0.1, -0.05) is 18.2 Å². The molecule has 0 aliphatic carbocycles. The Labute approximate surface area is 148 Å². The summed E-state index contributed by atoms with van der Waals surface area (Å²) in [7, 11) is 1.80. The van der Waals surface area contributed by atoms with E-state index in [-0.39, 0.29) is 30.2 Å². The quantitative estimate of drug-likeness (QED) is 0.889. The molecule has 1 atom stereocenters.